The summed E-state index contributed by atoms with van der Waals surface area (Å²) in [5.74, 6) is 0.694. The topological polar surface area (TPSA) is 79.6 Å². The number of rotatable bonds is 6. The number of benzene rings is 1. The standard InChI is InChI=1S/C16H20N4O2S/c1-3-17-16(19-12(2)15-8-5-9-23-15)18-11-13-6-4-7-14(10-13)20(21)22/h4-10,12H,3,11H2,1-2H3,(H2,17,18,19). The lowest BCUT2D eigenvalue weighted by molar-refractivity contribution is -0.384. The van der Waals surface area contributed by atoms with E-state index in [4.69, 9.17) is 0 Å². The zero-order valence-corrected chi connectivity index (χ0v) is 14.0. The smallest absolute Gasteiger partial charge is 0.269 e. The summed E-state index contributed by atoms with van der Waals surface area (Å²) in [6.45, 7) is 5.21. The number of guanidine groups is 1. The quantitative estimate of drug-likeness (QED) is 0.367. The van der Waals surface area contributed by atoms with Gasteiger partial charge in [0.15, 0.2) is 5.96 Å². The Labute approximate surface area is 139 Å². The Hall–Kier alpha value is -2.41. The van der Waals surface area contributed by atoms with Crippen molar-refractivity contribution in [3.63, 3.8) is 0 Å². The minimum Gasteiger partial charge on any atom is -0.357 e. The van der Waals surface area contributed by atoms with Gasteiger partial charge in [0.2, 0.25) is 0 Å². The van der Waals surface area contributed by atoms with Gasteiger partial charge in [-0.3, -0.25) is 10.1 Å². The Morgan fingerprint density at radius 1 is 1.39 bits per heavy atom. The van der Waals surface area contributed by atoms with Gasteiger partial charge in [0.05, 0.1) is 17.5 Å². The molecular formula is C16H20N4O2S. The summed E-state index contributed by atoms with van der Waals surface area (Å²) in [4.78, 5) is 16.2. The minimum absolute atomic E-state index is 0.0858. The van der Waals surface area contributed by atoms with Crippen molar-refractivity contribution < 1.29 is 4.92 Å². The molecule has 2 N–H and O–H groups in total. The van der Waals surface area contributed by atoms with Crippen molar-refractivity contribution in [2.45, 2.75) is 26.4 Å². The van der Waals surface area contributed by atoms with Crippen LogP contribution in [0, 0.1) is 10.1 Å². The average Bonchev–Trinajstić information content (AvgIpc) is 3.07. The van der Waals surface area contributed by atoms with E-state index < -0.39 is 4.92 Å². The van der Waals surface area contributed by atoms with Gasteiger partial charge in [-0.25, -0.2) is 4.99 Å². The lowest BCUT2D eigenvalue weighted by Crippen LogP contribution is -2.38. The molecule has 0 amide bonds. The molecule has 122 valence electrons. The Balaban J connectivity index is 2.06. The molecule has 0 bridgehead atoms. The van der Waals surface area contributed by atoms with Crippen molar-refractivity contribution in [2.75, 3.05) is 6.54 Å². The van der Waals surface area contributed by atoms with Gasteiger partial charge in [0.25, 0.3) is 5.69 Å². The SMILES string of the molecule is CCNC(=NCc1cccc([N+](=O)[O-])c1)NC(C)c1cccs1. The van der Waals surface area contributed by atoms with Gasteiger partial charge >= 0.3 is 0 Å². The zero-order valence-electron chi connectivity index (χ0n) is 13.2. The molecule has 0 saturated heterocycles. The first-order valence-electron chi connectivity index (χ1n) is 7.41. The molecule has 23 heavy (non-hydrogen) atoms. The number of hydrogen-bond acceptors (Lipinski definition) is 4. The third-order valence-corrected chi connectivity index (χ3v) is 4.26. The Morgan fingerprint density at radius 3 is 2.87 bits per heavy atom. The maximum atomic E-state index is 10.8. The maximum absolute atomic E-state index is 10.8. The highest BCUT2D eigenvalue weighted by Crippen LogP contribution is 2.18. The normalized spacial score (nSPS) is 12.7. The number of nitro benzene ring substituents is 1. The van der Waals surface area contributed by atoms with E-state index in [9.17, 15) is 10.1 Å². The van der Waals surface area contributed by atoms with Gasteiger partial charge < -0.3 is 10.6 Å². The molecule has 0 spiro atoms. The number of nitrogens with zero attached hydrogens (tertiary/aromatic N) is 2. The molecule has 0 aliphatic heterocycles. The lowest BCUT2D eigenvalue weighted by Gasteiger charge is -2.16. The second kappa shape index (κ2) is 8.28. The zero-order chi connectivity index (χ0) is 16.7. The van der Waals surface area contributed by atoms with Crippen LogP contribution >= 0.6 is 11.3 Å². The monoisotopic (exact) mass is 332 g/mol. The number of aliphatic imine (C=N–C) groups is 1. The molecule has 2 aromatic rings. The largest absolute Gasteiger partial charge is 0.357 e. The van der Waals surface area contributed by atoms with Crippen molar-refractivity contribution >= 4 is 23.0 Å². The number of non-ortho nitro benzene ring substituents is 1. The fourth-order valence-electron chi connectivity index (χ4n) is 2.07. The number of hydrogen-bond donors (Lipinski definition) is 2. The highest BCUT2D eigenvalue weighted by Gasteiger charge is 2.09. The van der Waals surface area contributed by atoms with Gasteiger partial charge in [0.1, 0.15) is 0 Å². The molecule has 1 atom stereocenters. The third kappa shape index (κ3) is 5.07. The van der Waals surface area contributed by atoms with Crippen molar-refractivity contribution in [1.29, 1.82) is 0 Å². The summed E-state index contributed by atoms with van der Waals surface area (Å²) in [7, 11) is 0. The van der Waals surface area contributed by atoms with E-state index >= 15 is 0 Å². The molecule has 0 aliphatic rings. The van der Waals surface area contributed by atoms with Crippen LogP contribution in [0.1, 0.15) is 30.3 Å². The maximum Gasteiger partial charge on any atom is 0.269 e. The lowest BCUT2D eigenvalue weighted by atomic mass is 10.2. The van der Waals surface area contributed by atoms with Gasteiger partial charge in [-0.05, 0) is 30.9 Å². The fraction of sp³-hybridized carbons (Fsp3) is 0.312. The summed E-state index contributed by atoms with van der Waals surface area (Å²) < 4.78 is 0. The van der Waals surface area contributed by atoms with Crippen molar-refractivity contribution in [3.8, 4) is 0 Å². The highest BCUT2D eigenvalue weighted by molar-refractivity contribution is 7.10. The summed E-state index contributed by atoms with van der Waals surface area (Å²) in [5, 5.41) is 19.4. The van der Waals surface area contributed by atoms with Gasteiger partial charge in [-0.1, -0.05) is 18.2 Å². The predicted molar refractivity (Wildman–Crippen MR) is 93.8 cm³/mol. The molecule has 6 nitrogen and oxygen atoms in total. The average molecular weight is 332 g/mol. The predicted octanol–water partition coefficient (Wildman–Crippen LogP) is 3.47. The Kier molecular flexibility index (Phi) is 6.10. The molecule has 1 aromatic heterocycles. The van der Waals surface area contributed by atoms with E-state index in [1.807, 2.05) is 24.4 Å². The molecule has 0 fully saturated rings. The van der Waals surface area contributed by atoms with Gasteiger partial charge in [-0.2, -0.15) is 0 Å². The van der Waals surface area contributed by atoms with E-state index in [0.29, 0.717) is 12.5 Å². The van der Waals surface area contributed by atoms with Crippen molar-refractivity contribution in [1.82, 2.24) is 10.6 Å². The Morgan fingerprint density at radius 2 is 2.22 bits per heavy atom. The van der Waals surface area contributed by atoms with Gasteiger partial charge in [0, 0.05) is 23.6 Å². The van der Waals surface area contributed by atoms with E-state index in [-0.39, 0.29) is 11.7 Å². The second-order valence-electron chi connectivity index (χ2n) is 5.00. The molecular weight excluding hydrogens is 312 g/mol. The molecule has 1 aromatic carbocycles. The van der Waals surface area contributed by atoms with Crippen molar-refractivity contribution in [2.24, 2.45) is 4.99 Å². The van der Waals surface area contributed by atoms with Crippen molar-refractivity contribution in [3.05, 3.63) is 62.3 Å². The fourth-order valence-corrected chi connectivity index (χ4v) is 2.81. The highest BCUT2D eigenvalue weighted by atomic mass is 32.1. The molecule has 7 heteroatoms. The van der Waals surface area contributed by atoms with Crippen LogP contribution in [0.5, 0.6) is 0 Å². The first-order valence-corrected chi connectivity index (χ1v) is 8.29. The van der Waals surface area contributed by atoms with E-state index in [2.05, 4.69) is 28.6 Å². The van der Waals surface area contributed by atoms with Crippen LogP contribution in [-0.4, -0.2) is 17.4 Å². The molecule has 0 aliphatic carbocycles. The number of nitrogens with one attached hydrogen (secondary N) is 2. The minimum atomic E-state index is -0.393. The van der Waals surface area contributed by atoms with Crippen LogP contribution in [0.2, 0.25) is 0 Å². The molecule has 0 radical (unpaired) electrons. The van der Waals surface area contributed by atoms with Crippen LogP contribution in [0.3, 0.4) is 0 Å². The summed E-state index contributed by atoms with van der Waals surface area (Å²) in [5.41, 5.74) is 0.891. The van der Waals surface area contributed by atoms with E-state index in [0.717, 1.165) is 12.1 Å². The van der Waals surface area contributed by atoms with E-state index in [1.54, 1.807) is 23.5 Å². The Bertz CT molecular complexity index is 670. The summed E-state index contributed by atoms with van der Waals surface area (Å²) in [6, 6.07) is 10.8. The third-order valence-electron chi connectivity index (χ3n) is 3.21. The molecule has 2 rings (SSSR count). The van der Waals surface area contributed by atoms with Gasteiger partial charge in [-0.15, -0.1) is 11.3 Å². The first kappa shape index (κ1) is 17.0. The van der Waals surface area contributed by atoms with E-state index in [1.165, 1.54) is 10.9 Å². The van der Waals surface area contributed by atoms with Crippen LogP contribution in [0.15, 0.2) is 46.8 Å². The number of nitro groups is 1. The second-order valence-corrected chi connectivity index (χ2v) is 5.98. The summed E-state index contributed by atoms with van der Waals surface area (Å²) in [6.07, 6.45) is 0. The number of thiophene rings is 1. The molecule has 0 saturated carbocycles. The van der Waals surface area contributed by atoms with Crippen LogP contribution in [-0.2, 0) is 6.54 Å². The molecule has 1 heterocycles. The van der Waals surface area contributed by atoms with Crippen LogP contribution in [0.4, 0.5) is 5.69 Å². The summed E-state index contributed by atoms with van der Waals surface area (Å²) >= 11 is 1.69. The van der Waals surface area contributed by atoms with Crippen LogP contribution in [0.25, 0.3) is 0 Å². The molecule has 1 unspecified atom stereocenters. The first-order chi connectivity index (χ1) is 11.1. The van der Waals surface area contributed by atoms with Crippen LogP contribution < -0.4 is 10.6 Å².